The highest BCUT2D eigenvalue weighted by atomic mass is 14.3. The third-order valence-electron chi connectivity index (χ3n) is 9.39. The smallest absolute Gasteiger partial charge is 0.00141 e. The van der Waals surface area contributed by atoms with Crippen LogP contribution in [0.3, 0.4) is 0 Å². The molecule has 0 amide bonds. The second kappa shape index (κ2) is 9.43. The quantitative estimate of drug-likeness (QED) is 0.188. The van der Waals surface area contributed by atoms with Crippen LogP contribution in [0.25, 0.3) is 54.6 Å². The Morgan fingerprint density at radius 1 is 0.381 bits per heavy atom. The van der Waals surface area contributed by atoms with Gasteiger partial charge < -0.3 is 0 Å². The van der Waals surface area contributed by atoms with Crippen molar-refractivity contribution < 1.29 is 0 Å². The molecule has 6 aromatic carbocycles. The van der Waals surface area contributed by atoms with E-state index in [2.05, 4.69) is 144 Å². The molecule has 0 nitrogen and oxygen atoms in total. The minimum Gasteiger partial charge on any atom is -0.0561 e. The summed E-state index contributed by atoms with van der Waals surface area (Å²) in [7, 11) is 0. The van der Waals surface area contributed by atoms with Crippen LogP contribution >= 0.6 is 0 Å². The van der Waals surface area contributed by atoms with Gasteiger partial charge in [-0.2, -0.15) is 0 Å². The second-order valence-electron chi connectivity index (χ2n) is 15.1. The molecule has 0 aliphatic heterocycles. The van der Waals surface area contributed by atoms with E-state index in [0.29, 0.717) is 0 Å². The maximum Gasteiger partial charge on any atom is -0.00141 e. The van der Waals surface area contributed by atoms with Gasteiger partial charge in [-0.25, -0.2) is 0 Å². The molecule has 0 saturated carbocycles. The molecule has 0 unspecified atom stereocenters. The summed E-state index contributed by atoms with van der Waals surface area (Å²) in [6.45, 7) is 27.6. The van der Waals surface area contributed by atoms with Crippen molar-refractivity contribution in [3.8, 4) is 22.3 Å². The van der Waals surface area contributed by atoms with Gasteiger partial charge >= 0.3 is 0 Å². The standard InChI is InChI=1S/C42H46/c1-23-13-25(3)37(26(4)14-23)33-19-29-17-31(41(7,8)9)18-30-20-34(38-27(5)15-24(2)16-28(38)6)36-22-32(42(10,11)12)21-35(33)40(36)39(29)30/h13-22H,1-12H3. The number of hydrogen-bond donors (Lipinski definition) is 0. The molecule has 0 heterocycles. The molecular formula is C42H46. The third kappa shape index (κ3) is 4.51. The monoisotopic (exact) mass is 550 g/mol. The first-order valence-electron chi connectivity index (χ1n) is 15.5. The van der Waals surface area contributed by atoms with E-state index in [9.17, 15) is 0 Å². The van der Waals surface area contributed by atoms with E-state index in [0.717, 1.165) is 0 Å². The van der Waals surface area contributed by atoms with E-state index in [-0.39, 0.29) is 10.8 Å². The zero-order valence-electron chi connectivity index (χ0n) is 27.8. The lowest BCUT2D eigenvalue weighted by molar-refractivity contribution is 0.591. The summed E-state index contributed by atoms with van der Waals surface area (Å²) in [5.41, 5.74) is 16.3. The Morgan fingerprint density at radius 2 is 0.714 bits per heavy atom. The van der Waals surface area contributed by atoms with Crippen molar-refractivity contribution in [1.82, 2.24) is 0 Å². The predicted octanol–water partition coefficient (Wildman–Crippen LogP) is 12.4. The average molecular weight is 551 g/mol. The van der Waals surface area contributed by atoms with Gasteiger partial charge in [0.1, 0.15) is 0 Å². The van der Waals surface area contributed by atoms with Crippen LogP contribution < -0.4 is 0 Å². The van der Waals surface area contributed by atoms with Crippen LogP contribution in [0.15, 0.2) is 60.7 Å². The van der Waals surface area contributed by atoms with Crippen molar-refractivity contribution in [1.29, 1.82) is 0 Å². The molecule has 0 aromatic heterocycles. The summed E-state index contributed by atoms with van der Waals surface area (Å²) in [4.78, 5) is 0. The minimum absolute atomic E-state index is 0.0210. The number of benzene rings is 6. The highest BCUT2D eigenvalue weighted by Gasteiger charge is 2.25. The van der Waals surface area contributed by atoms with Crippen LogP contribution in [0, 0.1) is 41.5 Å². The van der Waals surface area contributed by atoms with Gasteiger partial charge in [0.25, 0.3) is 0 Å². The topological polar surface area (TPSA) is 0 Å². The lowest BCUT2D eigenvalue weighted by Crippen LogP contribution is -2.12. The first-order chi connectivity index (χ1) is 19.5. The van der Waals surface area contributed by atoms with Crippen molar-refractivity contribution in [2.75, 3.05) is 0 Å². The van der Waals surface area contributed by atoms with Crippen LogP contribution in [0.4, 0.5) is 0 Å². The van der Waals surface area contributed by atoms with Gasteiger partial charge in [0.15, 0.2) is 0 Å². The molecule has 0 saturated heterocycles. The maximum absolute atomic E-state index is 2.51. The Bertz CT molecular complexity index is 1860. The molecule has 0 heteroatoms. The van der Waals surface area contributed by atoms with Crippen LogP contribution in [-0.2, 0) is 10.8 Å². The summed E-state index contributed by atoms with van der Waals surface area (Å²) < 4.78 is 0. The third-order valence-corrected chi connectivity index (χ3v) is 9.39. The van der Waals surface area contributed by atoms with Crippen LogP contribution in [-0.4, -0.2) is 0 Å². The van der Waals surface area contributed by atoms with E-state index < -0.39 is 0 Å². The van der Waals surface area contributed by atoms with E-state index in [4.69, 9.17) is 0 Å². The number of rotatable bonds is 2. The van der Waals surface area contributed by atoms with E-state index in [1.165, 1.54) is 99.1 Å². The molecule has 0 atom stereocenters. The van der Waals surface area contributed by atoms with Crippen LogP contribution in [0.1, 0.15) is 86.1 Å². The highest BCUT2D eigenvalue weighted by Crippen LogP contribution is 2.48. The molecule has 0 radical (unpaired) electrons. The van der Waals surface area contributed by atoms with Crippen molar-refractivity contribution in [3.63, 3.8) is 0 Å². The van der Waals surface area contributed by atoms with Gasteiger partial charge in [0.05, 0.1) is 0 Å². The Morgan fingerprint density at radius 3 is 1.05 bits per heavy atom. The molecule has 6 aromatic rings. The molecule has 214 valence electrons. The number of aryl methyl sites for hydroxylation is 6. The van der Waals surface area contributed by atoms with E-state index in [1.54, 1.807) is 0 Å². The largest absolute Gasteiger partial charge is 0.0561 e. The first kappa shape index (κ1) is 28.5. The summed E-state index contributed by atoms with van der Waals surface area (Å²) in [6, 6.07) is 24.3. The van der Waals surface area contributed by atoms with Gasteiger partial charge in [-0.1, -0.05) is 89.1 Å². The maximum atomic E-state index is 2.51. The SMILES string of the molecule is Cc1cc(C)c(-c2cc3cc(C(C)(C)C)cc4cc(-c5c(C)cc(C)cc5C)c5cc(C(C)(C)C)cc2c5c34)c(C)c1. The average Bonchev–Trinajstić information content (AvgIpc) is 2.85. The highest BCUT2D eigenvalue weighted by molar-refractivity contribution is 6.29. The molecule has 0 aliphatic rings. The lowest BCUT2D eigenvalue weighted by atomic mass is 9.77. The van der Waals surface area contributed by atoms with Gasteiger partial charge in [-0.3, -0.25) is 0 Å². The fourth-order valence-corrected chi connectivity index (χ4v) is 7.50. The minimum atomic E-state index is 0.0210. The fraction of sp³-hybridized carbons (Fsp3) is 0.333. The Hall–Kier alpha value is -3.64. The second-order valence-corrected chi connectivity index (χ2v) is 15.1. The predicted molar refractivity (Wildman–Crippen MR) is 187 cm³/mol. The molecule has 6 rings (SSSR count). The van der Waals surface area contributed by atoms with Gasteiger partial charge in [0, 0.05) is 0 Å². The van der Waals surface area contributed by atoms with Crippen LogP contribution in [0.2, 0.25) is 0 Å². The van der Waals surface area contributed by atoms with E-state index >= 15 is 0 Å². The molecular weight excluding hydrogens is 504 g/mol. The fourth-order valence-electron chi connectivity index (χ4n) is 7.50. The summed E-state index contributed by atoms with van der Waals surface area (Å²) in [6.07, 6.45) is 0. The van der Waals surface area contributed by atoms with Crippen molar-refractivity contribution in [3.05, 3.63) is 105 Å². The Kier molecular flexibility index (Phi) is 6.40. The summed E-state index contributed by atoms with van der Waals surface area (Å²) in [5.74, 6) is 0. The Balaban J connectivity index is 1.92. The van der Waals surface area contributed by atoms with Crippen LogP contribution in [0.5, 0.6) is 0 Å². The molecule has 0 spiro atoms. The molecule has 0 fully saturated rings. The summed E-state index contributed by atoms with van der Waals surface area (Å²) >= 11 is 0. The van der Waals surface area contributed by atoms with Crippen molar-refractivity contribution in [2.24, 2.45) is 0 Å². The zero-order chi connectivity index (χ0) is 30.5. The number of hydrogen-bond acceptors (Lipinski definition) is 0. The molecule has 0 bridgehead atoms. The zero-order valence-corrected chi connectivity index (χ0v) is 27.8. The van der Waals surface area contributed by atoms with Crippen molar-refractivity contribution >= 4 is 32.3 Å². The molecule has 0 aliphatic carbocycles. The van der Waals surface area contributed by atoms with Crippen molar-refractivity contribution in [2.45, 2.75) is 93.9 Å². The Labute approximate surface area is 253 Å². The normalized spacial score (nSPS) is 12.8. The van der Waals surface area contributed by atoms with E-state index in [1.807, 2.05) is 0 Å². The summed E-state index contributed by atoms with van der Waals surface area (Å²) in [5, 5.41) is 8.23. The van der Waals surface area contributed by atoms with Gasteiger partial charge in [-0.15, -0.1) is 0 Å². The molecule has 42 heavy (non-hydrogen) atoms. The molecule has 0 N–H and O–H groups in total. The lowest BCUT2D eigenvalue weighted by Gasteiger charge is -2.27. The van der Waals surface area contributed by atoms with Gasteiger partial charge in [0.2, 0.25) is 0 Å². The first-order valence-corrected chi connectivity index (χ1v) is 15.5. The van der Waals surface area contributed by atoms with Gasteiger partial charge in [-0.05, 0) is 165 Å².